The predicted molar refractivity (Wildman–Crippen MR) is 124 cm³/mol. The number of nitrogens with zero attached hydrogens (tertiary/aromatic N) is 4. The monoisotopic (exact) mass is 497 g/mol. The van der Waals surface area contributed by atoms with Crippen LogP contribution in [0.5, 0.6) is 0 Å². The van der Waals surface area contributed by atoms with Gasteiger partial charge in [-0.25, -0.2) is 4.98 Å². The molecule has 4 heterocycles. The third kappa shape index (κ3) is 3.61. The van der Waals surface area contributed by atoms with E-state index in [1.807, 2.05) is 29.8 Å². The number of hydrogen-bond acceptors (Lipinski definition) is 6. The van der Waals surface area contributed by atoms with Crippen molar-refractivity contribution in [3.05, 3.63) is 51.5 Å². The quantitative estimate of drug-likeness (QED) is 0.400. The summed E-state index contributed by atoms with van der Waals surface area (Å²) in [5.74, 6) is -0.319. The molecule has 5 rings (SSSR count). The van der Waals surface area contributed by atoms with Crippen LogP contribution in [-0.4, -0.2) is 30.7 Å². The van der Waals surface area contributed by atoms with Gasteiger partial charge in [0.15, 0.2) is 5.65 Å². The zero-order valence-corrected chi connectivity index (χ0v) is 18.9. The Morgan fingerprint density at radius 2 is 1.97 bits per heavy atom. The van der Waals surface area contributed by atoms with Crippen molar-refractivity contribution in [2.45, 2.75) is 31.6 Å². The largest absolute Gasteiger partial charge is 0.481 e. The van der Waals surface area contributed by atoms with Crippen molar-refractivity contribution in [2.75, 3.05) is 5.73 Å². The number of anilines is 1. The normalized spacial score (nSPS) is 19.0. The van der Waals surface area contributed by atoms with Gasteiger partial charge in [0, 0.05) is 34.2 Å². The Bertz CT molecular complexity index is 1250. The number of rotatable bonds is 4. The molecule has 0 aliphatic heterocycles. The predicted octanol–water partition coefficient (Wildman–Crippen LogP) is 5.22. The summed E-state index contributed by atoms with van der Waals surface area (Å²) in [5, 5.41) is 17.8. The van der Waals surface area contributed by atoms with E-state index in [1.165, 1.54) is 0 Å². The topological polar surface area (TPSA) is 106 Å². The minimum Gasteiger partial charge on any atom is -0.481 e. The maximum atomic E-state index is 11.3. The number of aliphatic carboxylic acids is 1. The molecule has 0 amide bonds. The van der Waals surface area contributed by atoms with Gasteiger partial charge in [-0.1, -0.05) is 6.07 Å². The highest BCUT2D eigenvalue weighted by Gasteiger charge is 2.30. The fraction of sp³-hybridized carbons (Fsp3) is 0.273. The van der Waals surface area contributed by atoms with Crippen LogP contribution in [0.25, 0.3) is 28.0 Å². The van der Waals surface area contributed by atoms with Gasteiger partial charge < -0.3 is 10.8 Å². The summed E-state index contributed by atoms with van der Waals surface area (Å²) in [6, 6.07) is 6.07. The molecule has 0 spiro atoms. The zero-order chi connectivity index (χ0) is 21.5. The molecule has 1 aliphatic carbocycles. The number of fused-ring (bicyclic) bond motifs is 1. The SMILES string of the molecule is Nc1c(Br)c([C@H]2CC[C@H](C(=O)O)CC2)nc2c(-c3ccc(-c4ccsc4)nc3)cnn12. The molecule has 4 aromatic rings. The molecule has 158 valence electrons. The van der Waals surface area contributed by atoms with Crippen LogP contribution in [-0.2, 0) is 4.79 Å². The second-order valence-corrected chi connectivity index (χ2v) is 9.39. The van der Waals surface area contributed by atoms with Crippen molar-refractivity contribution in [3.63, 3.8) is 0 Å². The molecule has 7 nitrogen and oxygen atoms in total. The van der Waals surface area contributed by atoms with E-state index < -0.39 is 5.97 Å². The van der Waals surface area contributed by atoms with E-state index in [9.17, 15) is 9.90 Å². The highest BCUT2D eigenvalue weighted by atomic mass is 79.9. The van der Waals surface area contributed by atoms with E-state index in [1.54, 1.807) is 22.0 Å². The molecule has 0 bridgehead atoms. The van der Waals surface area contributed by atoms with E-state index in [0.717, 1.165) is 45.4 Å². The molecule has 1 aliphatic rings. The minimum absolute atomic E-state index is 0.166. The summed E-state index contributed by atoms with van der Waals surface area (Å²) in [6.45, 7) is 0. The maximum Gasteiger partial charge on any atom is 0.306 e. The molecule has 0 aromatic carbocycles. The smallest absolute Gasteiger partial charge is 0.306 e. The van der Waals surface area contributed by atoms with E-state index in [2.05, 4.69) is 31.4 Å². The van der Waals surface area contributed by atoms with Gasteiger partial charge >= 0.3 is 5.97 Å². The summed E-state index contributed by atoms with van der Waals surface area (Å²) >= 11 is 5.25. The fourth-order valence-electron chi connectivity index (χ4n) is 4.24. The summed E-state index contributed by atoms with van der Waals surface area (Å²) in [7, 11) is 0. The first-order valence-corrected chi connectivity index (χ1v) is 11.8. The van der Waals surface area contributed by atoms with Crippen molar-refractivity contribution in [2.24, 2.45) is 5.92 Å². The molecule has 0 unspecified atom stereocenters. The lowest BCUT2D eigenvalue weighted by atomic mass is 9.80. The van der Waals surface area contributed by atoms with Gasteiger partial charge in [-0.3, -0.25) is 9.78 Å². The number of carboxylic acids is 1. The number of nitrogen functional groups attached to an aromatic ring is 1. The van der Waals surface area contributed by atoms with Crippen LogP contribution in [0.2, 0.25) is 0 Å². The molecule has 0 saturated heterocycles. The van der Waals surface area contributed by atoms with Gasteiger partial charge in [-0.2, -0.15) is 21.0 Å². The van der Waals surface area contributed by atoms with Gasteiger partial charge in [0.1, 0.15) is 5.82 Å². The van der Waals surface area contributed by atoms with Crippen molar-refractivity contribution in [3.8, 4) is 22.4 Å². The van der Waals surface area contributed by atoms with Crippen LogP contribution in [0.15, 0.2) is 45.8 Å². The molecule has 31 heavy (non-hydrogen) atoms. The number of nitrogens with two attached hydrogens (primary N) is 1. The van der Waals surface area contributed by atoms with Gasteiger partial charge in [-0.05, 0) is 59.1 Å². The van der Waals surface area contributed by atoms with Crippen LogP contribution in [0, 0.1) is 5.92 Å². The number of carboxylic acid groups (broad SMARTS) is 1. The molecular formula is C22H20BrN5O2S. The van der Waals surface area contributed by atoms with Crippen LogP contribution in [0.4, 0.5) is 5.82 Å². The highest BCUT2D eigenvalue weighted by Crippen LogP contribution is 2.40. The summed E-state index contributed by atoms with van der Waals surface area (Å²) in [6.07, 6.45) is 6.45. The molecule has 3 N–H and O–H groups in total. The first kappa shape index (κ1) is 20.1. The van der Waals surface area contributed by atoms with Crippen LogP contribution >= 0.6 is 27.3 Å². The number of thiophene rings is 1. The van der Waals surface area contributed by atoms with Crippen molar-refractivity contribution >= 4 is 44.7 Å². The van der Waals surface area contributed by atoms with E-state index >= 15 is 0 Å². The van der Waals surface area contributed by atoms with Crippen LogP contribution < -0.4 is 5.73 Å². The molecule has 1 fully saturated rings. The molecule has 9 heteroatoms. The van der Waals surface area contributed by atoms with Crippen LogP contribution in [0.3, 0.4) is 0 Å². The Labute approximate surface area is 191 Å². The first-order chi connectivity index (χ1) is 15.0. The third-order valence-corrected chi connectivity index (χ3v) is 7.50. The molecular weight excluding hydrogens is 478 g/mol. The molecule has 4 aromatic heterocycles. The van der Waals surface area contributed by atoms with E-state index in [-0.39, 0.29) is 11.8 Å². The third-order valence-electron chi connectivity index (χ3n) is 6.00. The Kier molecular flexibility index (Phi) is 5.23. The molecule has 1 saturated carbocycles. The Morgan fingerprint density at radius 1 is 1.16 bits per heavy atom. The lowest BCUT2D eigenvalue weighted by molar-refractivity contribution is -0.142. The number of aromatic nitrogens is 4. The number of carbonyl (C=O) groups is 1. The van der Waals surface area contributed by atoms with Gasteiger partial charge in [-0.15, -0.1) is 0 Å². The fourth-order valence-corrected chi connectivity index (χ4v) is 5.47. The average Bonchev–Trinajstić information content (AvgIpc) is 3.47. The molecule has 0 radical (unpaired) electrons. The van der Waals surface area contributed by atoms with Crippen molar-refractivity contribution in [1.29, 1.82) is 0 Å². The standard InChI is InChI=1S/C22H20BrN5O2S/c23-18-19(12-1-3-13(4-2-12)22(29)30)27-21-16(10-26-28(21)20(18)24)14-5-6-17(25-9-14)15-7-8-31-11-15/h5-13H,1-4,24H2,(H,29,30)/t12-,13-. The number of hydrogen-bond donors (Lipinski definition) is 2. The second-order valence-electron chi connectivity index (χ2n) is 7.82. The van der Waals surface area contributed by atoms with Crippen molar-refractivity contribution < 1.29 is 9.90 Å². The molecule has 0 atom stereocenters. The zero-order valence-electron chi connectivity index (χ0n) is 16.5. The Morgan fingerprint density at radius 3 is 2.61 bits per heavy atom. The van der Waals surface area contributed by atoms with E-state index in [0.29, 0.717) is 24.3 Å². The number of pyridine rings is 1. The first-order valence-electron chi connectivity index (χ1n) is 10.1. The summed E-state index contributed by atoms with van der Waals surface area (Å²) < 4.78 is 2.37. The minimum atomic E-state index is -0.711. The second kappa shape index (κ2) is 8.05. The van der Waals surface area contributed by atoms with Crippen molar-refractivity contribution in [1.82, 2.24) is 19.6 Å². The van der Waals surface area contributed by atoms with Crippen LogP contribution in [0.1, 0.15) is 37.3 Å². The lowest BCUT2D eigenvalue weighted by Crippen LogP contribution is -2.21. The maximum absolute atomic E-state index is 11.3. The highest BCUT2D eigenvalue weighted by molar-refractivity contribution is 9.10. The van der Waals surface area contributed by atoms with Gasteiger partial charge in [0.25, 0.3) is 0 Å². The average molecular weight is 498 g/mol. The Balaban J connectivity index is 1.52. The van der Waals surface area contributed by atoms with E-state index in [4.69, 9.17) is 10.7 Å². The number of halogens is 1. The lowest BCUT2D eigenvalue weighted by Gasteiger charge is -2.26. The summed E-state index contributed by atoms with van der Waals surface area (Å²) in [5.41, 5.74) is 11.7. The van der Waals surface area contributed by atoms with Gasteiger partial charge in [0.05, 0.1) is 28.0 Å². The van der Waals surface area contributed by atoms with Gasteiger partial charge in [0.2, 0.25) is 0 Å². The summed E-state index contributed by atoms with van der Waals surface area (Å²) in [4.78, 5) is 20.8. The Hall–Kier alpha value is -2.78.